The van der Waals surface area contributed by atoms with Crippen molar-refractivity contribution >= 4 is 38.8 Å². The van der Waals surface area contributed by atoms with Crippen molar-refractivity contribution in [1.82, 2.24) is 4.31 Å². The molecule has 2 N–H and O–H groups in total. The molecular weight excluding hydrogens is 332 g/mol. The number of hydrogen-bond acceptors (Lipinski definition) is 4. The van der Waals surface area contributed by atoms with E-state index < -0.39 is 10.0 Å². The number of benzene rings is 1. The van der Waals surface area contributed by atoms with Gasteiger partial charge in [0.2, 0.25) is 10.0 Å². The van der Waals surface area contributed by atoms with E-state index in [0.29, 0.717) is 31.7 Å². The van der Waals surface area contributed by atoms with Gasteiger partial charge in [0, 0.05) is 25.3 Å². The highest BCUT2D eigenvalue weighted by Crippen LogP contribution is 2.27. The molecule has 1 aliphatic rings. The van der Waals surface area contributed by atoms with Crippen molar-refractivity contribution in [2.75, 3.05) is 19.7 Å². The summed E-state index contributed by atoms with van der Waals surface area (Å²) in [7, 11) is -3.65. The van der Waals surface area contributed by atoms with Crippen molar-refractivity contribution in [3.8, 4) is 0 Å². The van der Waals surface area contributed by atoms with E-state index in [4.69, 9.17) is 34.3 Å². The van der Waals surface area contributed by atoms with Crippen molar-refractivity contribution in [3.63, 3.8) is 0 Å². The summed E-state index contributed by atoms with van der Waals surface area (Å²) in [6, 6.07) is 4.50. The van der Waals surface area contributed by atoms with Gasteiger partial charge in [-0.05, 0) is 25.5 Å². The number of sulfonamides is 1. The predicted octanol–water partition coefficient (Wildman–Crippen LogP) is 1.77. The highest BCUT2D eigenvalue weighted by molar-refractivity contribution is 7.89. The molecule has 1 aliphatic heterocycles. The normalized spacial score (nSPS) is 21.0. The van der Waals surface area contributed by atoms with Crippen LogP contribution in [0.2, 0.25) is 5.02 Å². The number of rotatable bonds is 3. The van der Waals surface area contributed by atoms with Gasteiger partial charge in [0.15, 0.2) is 0 Å². The third kappa shape index (κ3) is 3.73. The lowest BCUT2D eigenvalue weighted by Gasteiger charge is -2.22. The first-order valence-electron chi connectivity index (χ1n) is 6.53. The van der Waals surface area contributed by atoms with Crippen LogP contribution in [0.4, 0.5) is 0 Å². The molecule has 0 saturated carbocycles. The lowest BCUT2D eigenvalue weighted by atomic mass is 10.2. The van der Waals surface area contributed by atoms with Gasteiger partial charge in [0.1, 0.15) is 9.88 Å². The van der Waals surface area contributed by atoms with Crippen LogP contribution in [0.1, 0.15) is 18.9 Å². The van der Waals surface area contributed by atoms with Crippen LogP contribution >= 0.6 is 23.8 Å². The maximum absolute atomic E-state index is 12.7. The molecule has 0 spiro atoms. The maximum atomic E-state index is 12.7. The first-order chi connectivity index (χ1) is 9.82. The van der Waals surface area contributed by atoms with E-state index in [9.17, 15) is 8.42 Å². The van der Waals surface area contributed by atoms with E-state index in [2.05, 4.69) is 0 Å². The summed E-state index contributed by atoms with van der Waals surface area (Å²) in [5.74, 6) is 0. The minimum Gasteiger partial charge on any atom is -0.389 e. The van der Waals surface area contributed by atoms with Crippen LogP contribution in [0, 0.1) is 0 Å². The van der Waals surface area contributed by atoms with E-state index in [1.165, 1.54) is 16.4 Å². The predicted molar refractivity (Wildman–Crippen MR) is 86.1 cm³/mol. The Morgan fingerprint density at radius 1 is 1.52 bits per heavy atom. The van der Waals surface area contributed by atoms with E-state index >= 15 is 0 Å². The maximum Gasteiger partial charge on any atom is 0.244 e. The van der Waals surface area contributed by atoms with Gasteiger partial charge in [-0.15, -0.1) is 0 Å². The van der Waals surface area contributed by atoms with E-state index in [1.54, 1.807) is 6.07 Å². The van der Waals surface area contributed by atoms with Gasteiger partial charge in [0.05, 0.1) is 11.1 Å². The summed E-state index contributed by atoms with van der Waals surface area (Å²) < 4.78 is 32.3. The molecule has 21 heavy (non-hydrogen) atoms. The number of ether oxygens (including phenoxy) is 1. The van der Waals surface area contributed by atoms with Crippen LogP contribution in [0.25, 0.3) is 0 Å². The lowest BCUT2D eigenvalue weighted by Crippen LogP contribution is -2.36. The molecule has 0 aromatic heterocycles. The summed E-state index contributed by atoms with van der Waals surface area (Å²) >= 11 is 11.0. The van der Waals surface area contributed by atoms with Gasteiger partial charge in [-0.1, -0.05) is 29.9 Å². The average molecular weight is 349 g/mol. The molecule has 1 heterocycles. The van der Waals surface area contributed by atoms with E-state index in [-0.39, 0.29) is 21.0 Å². The van der Waals surface area contributed by atoms with Crippen LogP contribution in [-0.2, 0) is 14.8 Å². The Morgan fingerprint density at radius 3 is 2.86 bits per heavy atom. The number of thiocarbonyl (C=S) groups is 1. The third-order valence-corrected chi connectivity index (χ3v) is 5.83. The van der Waals surface area contributed by atoms with Gasteiger partial charge in [-0.25, -0.2) is 8.42 Å². The molecule has 1 aromatic rings. The first kappa shape index (κ1) is 16.6. The molecule has 5 nitrogen and oxygen atoms in total. The van der Waals surface area contributed by atoms with Crippen LogP contribution in [0.3, 0.4) is 0 Å². The zero-order valence-corrected chi connectivity index (χ0v) is 14.0. The van der Waals surface area contributed by atoms with E-state index in [0.717, 1.165) is 0 Å². The second-order valence-electron chi connectivity index (χ2n) is 4.91. The van der Waals surface area contributed by atoms with Gasteiger partial charge in [0.25, 0.3) is 0 Å². The number of nitrogens with two attached hydrogens (primary N) is 1. The molecule has 8 heteroatoms. The molecule has 0 aliphatic carbocycles. The fraction of sp³-hybridized carbons (Fsp3) is 0.462. The van der Waals surface area contributed by atoms with Gasteiger partial charge < -0.3 is 10.5 Å². The summed E-state index contributed by atoms with van der Waals surface area (Å²) in [5, 5.41) is 0.123. The molecule has 1 fully saturated rings. The van der Waals surface area contributed by atoms with Crippen LogP contribution in [0.15, 0.2) is 23.1 Å². The molecule has 2 rings (SSSR count). The Bertz CT molecular complexity index is 649. The molecule has 116 valence electrons. The zero-order chi connectivity index (χ0) is 15.6. The summed E-state index contributed by atoms with van der Waals surface area (Å²) in [6.07, 6.45) is 0.517. The van der Waals surface area contributed by atoms with Gasteiger partial charge in [-0.2, -0.15) is 4.31 Å². The average Bonchev–Trinajstić information content (AvgIpc) is 2.63. The summed E-state index contributed by atoms with van der Waals surface area (Å²) in [4.78, 5) is 0.246. The van der Waals surface area contributed by atoms with Crippen molar-refractivity contribution < 1.29 is 13.2 Å². The highest BCUT2D eigenvalue weighted by atomic mass is 35.5. The molecule has 1 atom stereocenters. The van der Waals surface area contributed by atoms with Crippen molar-refractivity contribution in [1.29, 1.82) is 0 Å². The Morgan fingerprint density at radius 2 is 2.24 bits per heavy atom. The fourth-order valence-corrected chi connectivity index (χ4v) is 4.38. The number of halogens is 1. The van der Waals surface area contributed by atoms with Crippen LogP contribution < -0.4 is 5.73 Å². The summed E-state index contributed by atoms with van der Waals surface area (Å²) in [6.45, 7) is 3.14. The minimum atomic E-state index is -3.65. The molecule has 1 saturated heterocycles. The minimum absolute atomic E-state index is 0.0678. The SMILES string of the molecule is CC1CN(S(=O)(=O)c2ccc(C(N)=S)cc2Cl)CCCO1. The molecule has 0 radical (unpaired) electrons. The standard InChI is InChI=1S/C13H17ClN2O3S2/c1-9-8-16(5-2-6-19-9)21(17,18)12-4-3-10(13(15)20)7-11(12)14/h3-4,7,9H,2,5-6,8H2,1H3,(H2,15,20). The molecule has 0 amide bonds. The second kappa shape index (κ2) is 6.58. The molecule has 0 bridgehead atoms. The fourth-order valence-electron chi connectivity index (χ4n) is 2.18. The Kier molecular flexibility index (Phi) is 5.21. The molecular formula is C13H17ClN2O3S2. The smallest absolute Gasteiger partial charge is 0.244 e. The Labute approximate surface area is 135 Å². The van der Waals surface area contributed by atoms with Gasteiger partial charge in [-0.3, -0.25) is 0 Å². The largest absolute Gasteiger partial charge is 0.389 e. The summed E-state index contributed by atoms with van der Waals surface area (Å²) in [5.41, 5.74) is 6.06. The number of hydrogen-bond donors (Lipinski definition) is 1. The van der Waals surface area contributed by atoms with Crippen LogP contribution in [-0.4, -0.2) is 43.5 Å². The second-order valence-corrected chi connectivity index (χ2v) is 7.66. The molecule has 1 unspecified atom stereocenters. The lowest BCUT2D eigenvalue weighted by molar-refractivity contribution is 0.0752. The van der Waals surface area contributed by atoms with Gasteiger partial charge >= 0.3 is 0 Å². The third-order valence-electron chi connectivity index (χ3n) is 3.25. The van der Waals surface area contributed by atoms with Crippen molar-refractivity contribution in [2.24, 2.45) is 5.73 Å². The quantitative estimate of drug-likeness (QED) is 0.843. The van der Waals surface area contributed by atoms with Crippen molar-refractivity contribution in [3.05, 3.63) is 28.8 Å². The topological polar surface area (TPSA) is 72.6 Å². The monoisotopic (exact) mass is 348 g/mol. The molecule has 1 aromatic carbocycles. The van der Waals surface area contributed by atoms with Crippen LogP contribution in [0.5, 0.6) is 0 Å². The van der Waals surface area contributed by atoms with Crippen molar-refractivity contribution in [2.45, 2.75) is 24.3 Å². The first-order valence-corrected chi connectivity index (χ1v) is 8.76. The Balaban J connectivity index is 2.37. The Hall–Kier alpha value is -0.730. The van der Waals surface area contributed by atoms with E-state index in [1.807, 2.05) is 6.92 Å². The highest BCUT2D eigenvalue weighted by Gasteiger charge is 2.29. The zero-order valence-electron chi connectivity index (χ0n) is 11.6. The number of nitrogens with zero attached hydrogens (tertiary/aromatic N) is 1.